The molecule has 1 atom stereocenters. The number of benzene rings is 2. The van der Waals surface area contributed by atoms with Crippen molar-refractivity contribution < 1.29 is 37.0 Å². The largest absolute Gasteiger partial charge is 0.497 e. The third-order valence-corrected chi connectivity index (χ3v) is 5.12. The van der Waals surface area contributed by atoms with Gasteiger partial charge in [-0.15, -0.1) is 0 Å². The topological polar surface area (TPSA) is 112 Å². The van der Waals surface area contributed by atoms with Crippen LogP contribution in [0.15, 0.2) is 42.5 Å². The van der Waals surface area contributed by atoms with Gasteiger partial charge < -0.3 is 30.6 Å². The van der Waals surface area contributed by atoms with Gasteiger partial charge in [-0.2, -0.15) is 13.2 Å². The molecule has 33 heavy (non-hydrogen) atoms. The number of carbonyl (C=O) groups excluding carboxylic acids is 2. The molecule has 0 spiro atoms. The van der Waals surface area contributed by atoms with Crippen LogP contribution in [-0.2, 0) is 27.0 Å². The first kappa shape index (κ1) is 24.3. The lowest BCUT2D eigenvalue weighted by Crippen LogP contribution is -2.60. The van der Waals surface area contributed by atoms with Gasteiger partial charge in [0.2, 0.25) is 11.8 Å². The van der Waals surface area contributed by atoms with Crippen molar-refractivity contribution in [3.63, 3.8) is 0 Å². The summed E-state index contributed by atoms with van der Waals surface area (Å²) in [5.41, 5.74) is 3.87. The van der Waals surface area contributed by atoms with Crippen molar-refractivity contribution in [3.8, 4) is 17.2 Å². The number of ether oxygens (including phenoxy) is 3. The normalized spacial score (nSPS) is 18.0. The zero-order valence-corrected chi connectivity index (χ0v) is 17.8. The third kappa shape index (κ3) is 5.93. The molecule has 2 amide bonds. The number of nitrogens with two attached hydrogens (primary N) is 1. The molecule has 0 radical (unpaired) electrons. The molecule has 3 rings (SSSR count). The summed E-state index contributed by atoms with van der Waals surface area (Å²) in [6, 6.07) is 9.65. The molecular formula is C22H24F3N3O5. The highest BCUT2D eigenvalue weighted by Gasteiger charge is 2.43. The first-order chi connectivity index (χ1) is 15.7. The maximum Gasteiger partial charge on any atom is 0.420 e. The van der Waals surface area contributed by atoms with E-state index in [9.17, 15) is 22.8 Å². The molecule has 1 unspecified atom stereocenters. The molecular weight excluding hydrogens is 443 g/mol. The predicted molar refractivity (Wildman–Crippen MR) is 112 cm³/mol. The lowest BCUT2D eigenvalue weighted by atomic mass is 9.97. The molecule has 0 aliphatic carbocycles. The third-order valence-electron chi connectivity index (χ3n) is 5.12. The molecule has 178 valence electrons. The van der Waals surface area contributed by atoms with E-state index in [1.54, 1.807) is 12.1 Å². The monoisotopic (exact) mass is 467 g/mol. The number of rotatable bonds is 8. The summed E-state index contributed by atoms with van der Waals surface area (Å²) in [5.74, 6) is -0.974. The molecule has 0 saturated carbocycles. The summed E-state index contributed by atoms with van der Waals surface area (Å²) in [6.45, 7) is 0.257. The predicted octanol–water partition coefficient (Wildman–Crippen LogP) is 2.36. The molecule has 1 aliphatic rings. The molecule has 8 nitrogen and oxygen atoms in total. The van der Waals surface area contributed by atoms with Gasteiger partial charge in [-0.25, -0.2) is 0 Å². The zero-order chi connectivity index (χ0) is 24.1. The number of alkyl halides is 3. The molecule has 1 fully saturated rings. The van der Waals surface area contributed by atoms with E-state index in [1.807, 2.05) is 0 Å². The number of nitrogens with one attached hydrogen (secondary N) is 2. The Balaban J connectivity index is 1.65. The first-order valence-corrected chi connectivity index (χ1v) is 10.1. The number of halogens is 3. The molecule has 4 N–H and O–H groups in total. The molecule has 1 heterocycles. The van der Waals surface area contributed by atoms with Gasteiger partial charge in [-0.3, -0.25) is 9.59 Å². The van der Waals surface area contributed by atoms with E-state index in [1.165, 1.54) is 31.4 Å². The quantitative estimate of drug-likeness (QED) is 0.550. The van der Waals surface area contributed by atoms with Crippen molar-refractivity contribution in [2.75, 3.05) is 26.9 Å². The molecule has 0 aromatic heterocycles. The minimum absolute atomic E-state index is 0.0424. The Hall–Kier alpha value is -3.31. The van der Waals surface area contributed by atoms with Crippen LogP contribution >= 0.6 is 0 Å². The Kier molecular flexibility index (Phi) is 7.44. The highest BCUT2D eigenvalue weighted by atomic mass is 19.4. The van der Waals surface area contributed by atoms with Crippen LogP contribution in [0.5, 0.6) is 17.2 Å². The molecule has 11 heteroatoms. The van der Waals surface area contributed by atoms with Gasteiger partial charge in [-0.05, 0) is 35.9 Å². The maximum absolute atomic E-state index is 13.4. The smallest absolute Gasteiger partial charge is 0.420 e. The molecule has 1 aliphatic heterocycles. The summed E-state index contributed by atoms with van der Waals surface area (Å²) in [4.78, 5) is 24.4. The highest BCUT2D eigenvalue weighted by Crippen LogP contribution is 2.40. The van der Waals surface area contributed by atoms with Gasteiger partial charge in [-0.1, -0.05) is 12.1 Å². The van der Waals surface area contributed by atoms with Crippen molar-refractivity contribution in [1.82, 2.24) is 10.6 Å². The molecule has 0 bridgehead atoms. The Bertz CT molecular complexity index is 990. The van der Waals surface area contributed by atoms with Crippen molar-refractivity contribution in [2.45, 2.75) is 24.7 Å². The summed E-state index contributed by atoms with van der Waals surface area (Å²) < 4.78 is 55.6. The number of carbonyl (C=O) groups is 2. The number of amides is 2. The average molecular weight is 467 g/mol. The van der Waals surface area contributed by atoms with Gasteiger partial charge in [0.1, 0.15) is 28.4 Å². The van der Waals surface area contributed by atoms with Crippen LogP contribution in [0.3, 0.4) is 0 Å². The van der Waals surface area contributed by atoms with Crippen LogP contribution in [0.4, 0.5) is 13.2 Å². The summed E-state index contributed by atoms with van der Waals surface area (Å²) in [5, 5.41) is 5.36. The van der Waals surface area contributed by atoms with Crippen LogP contribution in [-0.4, -0.2) is 44.2 Å². The van der Waals surface area contributed by atoms with E-state index in [4.69, 9.17) is 19.9 Å². The second-order valence-electron chi connectivity index (χ2n) is 7.43. The van der Waals surface area contributed by atoms with Gasteiger partial charge in [0.25, 0.3) is 0 Å². The second-order valence-corrected chi connectivity index (χ2v) is 7.43. The fraction of sp³-hybridized carbons (Fsp3) is 0.364. The molecule has 1 saturated heterocycles. The fourth-order valence-corrected chi connectivity index (χ4v) is 3.32. The average Bonchev–Trinajstić information content (AvgIpc) is 3.27. The van der Waals surface area contributed by atoms with E-state index in [-0.39, 0.29) is 36.9 Å². The van der Waals surface area contributed by atoms with Gasteiger partial charge in [0.15, 0.2) is 0 Å². The standard InChI is InChI=1S/C22H24F3N3O5/c1-31-16-6-7-18(17(10-16)22(23,24)25)33-15-4-2-14(3-5-15)12-27-20(30)21(8-9-32-13-21)28-19(29)11-26/h2-7,10H,8-9,11-13,26H2,1H3,(H,27,30)(H,28,29). The van der Waals surface area contributed by atoms with Crippen molar-refractivity contribution in [1.29, 1.82) is 0 Å². The van der Waals surface area contributed by atoms with Gasteiger partial charge in [0.05, 0.1) is 20.3 Å². The lowest BCUT2D eigenvalue weighted by molar-refractivity contribution is -0.138. The van der Waals surface area contributed by atoms with Crippen LogP contribution in [0.25, 0.3) is 0 Å². The van der Waals surface area contributed by atoms with Gasteiger partial charge in [0, 0.05) is 19.6 Å². The van der Waals surface area contributed by atoms with Crippen molar-refractivity contribution >= 4 is 11.8 Å². The summed E-state index contributed by atoms with van der Waals surface area (Å²) in [6.07, 6.45) is -4.30. The fourth-order valence-electron chi connectivity index (χ4n) is 3.32. The minimum atomic E-state index is -4.62. The van der Waals surface area contributed by atoms with Crippen LogP contribution < -0.4 is 25.8 Å². The zero-order valence-electron chi connectivity index (χ0n) is 17.8. The lowest BCUT2D eigenvalue weighted by Gasteiger charge is -2.27. The maximum atomic E-state index is 13.4. The summed E-state index contributed by atoms with van der Waals surface area (Å²) in [7, 11) is 1.28. The number of hydrogen-bond acceptors (Lipinski definition) is 6. The van der Waals surface area contributed by atoms with Gasteiger partial charge >= 0.3 is 6.18 Å². The van der Waals surface area contributed by atoms with Crippen LogP contribution in [0.1, 0.15) is 17.5 Å². The highest BCUT2D eigenvalue weighted by molar-refractivity contribution is 5.92. The Labute approximate surface area is 188 Å². The first-order valence-electron chi connectivity index (χ1n) is 10.1. The van der Waals surface area contributed by atoms with E-state index in [2.05, 4.69) is 10.6 Å². The van der Waals surface area contributed by atoms with E-state index in [0.29, 0.717) is 18.6 Å². The molecule has 2 aromatic rings. The molecule has 2 aromatic carbocycles. The van der Waals surface area contributed by atoms with Crippen LogP contribution in [0.2, 0.25) is 0 Å². The van der Waals surface area contributed by atoms with Crippen molar-refractivity contribution in [2.24, 2.45) is 5.73 Å². The SMILES string of the molecule is COc1ccc(Oc2ccc(CNC(=O)C3(NC(=O)CN)CCOC3)cc2)c(C(F)(F)F)c1. The Morgan fingerprint density at radius 1 is 1.15 bits per heavy atom. The number of hydrogen-bond donors (Lipinski definition) is 3. The van der Waals surface area contributed by atoms with E-state index in [0.717, 1.165) is 6.07 Å². The Morgan fingerprint density at radius 2 is 1.85 bits per heavy atom. The van der Waals surface area contributed by atoms with Crippen molar-refractivity contribution in [3.05, 3.63) is 53.6 Å². The minimum Gasteiger partial charge on any atom is -0.497 e. The second kappa shape index (κ2) is 10.1. The van der Waals surface area contributed by atoms with E-state index >= 15 is 0 Å². The summed E-state index contributed by atoms with van der Waals surface area (Å²) >= 11 is 0. The van der Waals surface area contributed by atoms with E-state index < -0.39 is 29.1 Å². The van der Waals surface area contributed by atoms with Crippen LogP contribution in [0, 0.1) is 0 Å². The number of methoxy groups -OCH3 is 1. The Morgan fingerprint density at radius 3 is 2.42 bits per heavy atom.